The highest BCUT2D eigenvalue weighted by Crippen LogP contribution is 2.28. The van der Waals surface area contributed by atoms with Crippen LogP contribution >= 0.6 is 15.9 Å². The van der Waals surface area contributed by atoms with Crippen molar-refractivity contribution >= 4 is 21.9 Å². The van der Waals surface area contributed by atoms with Gasteiger partial charge in [-0.05, 0) is 53.8 Å². The second-order valence-electron chi connectivity index (χ2n) is 4.99. The van der Waals surface area contributed by atoms with E-state index in [0.717, 1.165) is 22.2 Å². The fourth-order valence-electron chi connectivity index (χ4n) is 2.24. The van der Waals surface area contributed by atoms with Crippen LogP contribution in [0.25, 0.3) is 0 Å². The summed E-state index contributed by atoms with van der Waals surface area (Å²) >= 11 is 3.56. The summed E-state index contributed by atoms with van der Waals surface area (Å²) in [5, 5.41) is 8.92. The molecule has 0 heterocycles. The molecule has 0 radical (unpaired) electrons. The minimum absolute atomic E-state index is 0.288. The van der Waals surface area contributed by atoms with Crippen LogP contribution in [0.15, 0.2) is 46.9 Å². The van der Waals surface area contributed by atoms with Crippen molar-refractivity contribution in [3.8, 4) is 5.75 Å². The number of hydrogen-bond donors (Lipinski definition) is 1. The van der Waals surface area contributed by atoms with Crippen molar-refractivity contribution in [2.45, 2.75) is 19.3 Å². The van der Waals surface area contributed by atoms with Crippen molar-refractivity contribution in [2.75, 3.05) is 7.11 Å². The third-order valence-electron chi connectivity index (χ3n) is 3.51. The number of rotatable bonds is 5. The summed E-state index contributed by atoms with van der Waals surface area (Å²) in [7, 11) is 1.65. The summed E-state index contributed by atoms with van der Waals surface area (Å²) in [4.78, 5) is 10.9. The van der Waals surface area contributed by atoms with Gasteiger partial charge in [0.25, 0.3) is 0 Å². The van der Waals surface area contributed by atoms with E-state index in [9.17, 15) is 4.79 Å². The Morgan fingerprint density at radius 3 is 2.48 bits per heavy atom. The molecule has 1 atom stereocenters. The van der Waals surface area contributed by atoms with E-state index in [1.165, 1.54) is 5.56 Å². The van der Waals surface area contributed by atoms with E-state index in [0.29, 0.717) is 5.56 Å². The zero-order chi connectivity index (χ0) is 15.4. The SMILES string of the molecule is COc1ccc(Br)c(CC(C)c2ccc(C(=O)O)cc2)c1. The lowest BCUT2D eigenvalue weighted by Crippen LogP contribution is -2.01. The first-order valence-electron chi connectivity index (χ1n) is 6.67. The Bertz CT molecular complexity index is 635. The van der Waals surface area contributed by atoms with Crippen molar-refractivity contribution in [3.05, 3.63) is 63.6 Å². The number of methoxy groups -OCH3 is 1. The van der Waals surface area contributed by atoms with E-state index in [4.69, 9.17) is 9.84 Å². The molecule has 0 aromatic heterocycles. The number of carbonyl (C=O) groups is 1. The minimum Gasteiger partial charge on any atom is -0.497 e. The van der Waals surface area contributed by atoms with Crippen molar-refractivity contribution in [2.24, 2.45) is 0 Å². The minimum atomic E-state index is -0.898. The molecule has 2 aromatic rings. The highest BCUT2D eigenvalue weighted by Gasteiger charge is 2.11. The number of ether oxygens (including phenoxy) is 1. The molecule has 1 N–H and O–H groups in total. The van der Waals surface area contributed by atoms with Gasteiger partial charge in [-0.2, -0.15) is 0 Å². The number of carboxylic acids is 1. The predicted molar refractivity (Wildman–Crippen MR) is 86.2 cm³/mol. The molecule has 0 aliphatic heterocycles. The second kappa shape index (κ2) is 6.76. The quantitative estimate of drug-likeness (QED) is 0.864. The lowest BCUT2D eigenvalue weighted by atomic mass is 9.93. The normalized spacial score (nSPS) is 12.0. The molecule has 110 valence electrons. The molecule has 0 amide bonds. The van der Waals surface area contributed by atoms with E-state index in [1.807, 2.05) is 30.3 Å². The lowest BCUT2D eigenvalue weighted by Gasteiger charge is -2.14. The first-order chi connectivity index (χ1) is 10.0. The third-order valence-corrected chi connectivity index (χ3v) is 4.28. The first kappa shape index (κ1) is 15.6. The number of carboxylic acid groups (broad SMARTS) is 1. The van der Waals surface area contributed by atoms with Crippen LogP contribution in [0.2, 0.25) is 0 Å². The molecule has 2 rings (SSSR count). The van der Waals surface area contributed by atoms with E-state index in [1.54, 1.807) is 19.2 Å². The zero-order valence-electron chi connectivity index (χ0n) is 12.0. The van der Waals surface area contributed by atoms with E-state index < -0.39 is 5.97 Å². The van der Waals surface area contributed by atoms with Crippen molar-refractivity contribution in [3.63, 3.8) is 0 Å². The van der Waals surface area contributed by atoms with Gasteiger partial charge in [-0.25, -0.2) is 4.79 Å². The summed E-state index contributed by atoms with van der Waals surface area (Å²) < 4.78 is 6.31. The molecule has 0 fully saturated rings. The molecular formula is C17H17BrO3. The highest BCUT2D eigenvalue weighted by atomic mass is 79.9. The van der Waals surface area contributed by atoms with E-state index in [-0.39, 0.29) is 5.92 Å². The first-order valence-corrected chi connectivity index (χ1v) is 7.46. The van der Waals surface area contributed by atoms with Crippen LogP contribution in [0.5, 0.6) is 5.75 Å². The second-order valence-corrected chi connectivity index (χ2v) is 5.84. The van der Waals surface area contributed by atoms with Crippen LogP contribution in [0.4, 0.5) is 0 Å². The van der Waals surface area contributed by atoms with Gasteiger partial charge in [0, 0.05) is 4.47 Å². The average Bonchev–Trinajstić information content (AvgIpc) is 2.49. The van der Waals surface area contributed by atoms with Gasteiger partial charge in [0.1, 0.15) is 5.75 Å². The Morgan fingerprint density at radius 1 is 1.24 bits per heavy atom. The van der Waals surface area contributed by atoms with Gasteiger partial charge < -0.3 is 9.84 Å². The Morgan fingerprint density at radius 2 is 1.90 bits per heavy atom. The maximum atomic E-state index is 10.9. The van der Waals surface area contributed by atoms with E-state index >= 15 is 0 Å². The van der Waals surface area contributed by atoms with Gasteiger partial charge in [-0.3, -0.25) is 0 Å². The van der Waals surface area contributed by atoms with Gasteiger partial charge in [0.05, 0.1) is 12.7 Å². The molecule has 0 saturated carbocycles. The summed E-state index contributed by atoms with van der Waals surface area (Å²) in [5.74, 6) is 0.225. The number of hydrogen-bond acceptors (Lipinski definition) is 2. The topological polar surface area (TPSA) is 46.5 Å². The molecule has 0 spiro atoms. The Labute approximate surface area is 132 Å². The lowest BCUT2D eigenvalue weighted by molar-refractivity contribution is 0.0697. The van der Waals surface area contributed by atoms with Crippen molar-refractivity contribution in [1.82, 2.24) is 0 Å². The van der Waals surface area contributed by atoms with Gasteiger partial charge in [-0.15, -0.1) is 0 Å². The molecule has 0 aliphatic rings. The standard InChI is InChI=1S/C17H17BrO3/c1-11(12-3-5-13(6-4-12)17(19)20)9-14-10-15(21-2)7-8-16(14)18/h3-8,10-11H,9H2,1-2H3,(H,19,20). The molecule has 2 aromatic carbocycles. The van der Waals surface area contributed by atoms with Crippen LogP contribution in [0.1, 0.15) is 34.3 Å². The molecule has 3 nitrogen and oxygen atoms in total. The van der Waals surface area contributed by atoms with Gasteiger partial charge in [0.2, 0.25) is 0 Å². The van der Waals surface area contributed by atoms with Crippen LogP contribution in [-0.4, -0.2) is 18.2 Å². The maximum Gasteiger partial charge on any atom is 0.335 e. The largest absolute Gasteiger partial charge is 0.497 e. The molecule has 1 unspecified atom stereocenters. The smallest absolute Gasteiger partial charge is 0.335 e. The summed E-state index contributed by atoms with van der Waals surface area (Å²) in [6, 6.07) is 13.0. The van der Waals surface area contributed by atoms with Crippen molar-refractivity contribution < 1.29 is 14.6 Å². The molecule has 4 heteroatoms. The fourth-order valence-corrected chi connectivity index (χ4v) is 2.64. The summed E-state index contributed by atoms with van der Waals surface area (Å²) in [5.41, 5.74) is 2.60. The van der Waals surface area contributed by atoms with Crippen LogP contribution in [0, 0.1) is 0 Å². The summed E-state index contributed by atoms with van der Waals surface area (Å²) in [6.45, 7) is 2.13. The molecule has 21 heavy (non-hydrogen) atoms. The molecule has 0 aliphatic carbocycles. The summed E-state index contributed by atoms with van der Waals surface area (Å²) in [6.07, 6.45) is 0.851. The van der Waals surface area contributed by atoms with Crippen LogP contribution in [0.3, 0.4) is 0 Å². The Kier molecular flexibility index (Phi) is 5.02. The molecule has 0 saturated heterocycles. The number of aromatic carboxylic acids is 1. The predicted octanol–water partition coefficient (Wildman–Crippen LogP) is 4.50. The van der Waals surface area contributed by atoms with Crippen molar-refractivity contribution in [1.29, 1.82) is 0 Å². The Balaban J connectivity index is 2.17. The average molecular weight is 349 g/mol. The van der Waals surface area contributed by atoms with Crippen LogP contribution < -0.4 is 4.74 Å². The number of benzene rings is 2. The molecule has 0 bridgehead atoms. The van der Waals surface area contributed by atoms with Gasteiger partial charge in [0.15, 0.2) is 0 Å². The highest BCUT2D eigenvalue weighted by molar-refractivity contribution is 9.10. The third kappa shape index (κ3) is 3.85. The monoisotopic (exact) mass is 348 g/mol. The maximum absolute atomic E-state index is 10.9. The molecular weight excluding hydrogens is 332 g/mol. The number of halogens is 1. The Hall–Kier alpha value is -1.81. The zero-order valence-corrected chi connectivity index (χ0v) is 13.6. The van der Waals surface area contributed by atoms with Crippen LogP contribution in [-0.2, 0) is 6.42 Å². The van der Waals surface area contributed by atoms with E-state index in [2.05, 4.69) is 22.9 Å². The van der Waals surface area contributed by atoms with Gasteiger partial charge in [-0.1, -0.05) is 35.0 Å². The fraction of sp³-hybridized carbons (Fsp3) is 0.235. The van der Waals surface area contributed by atoms with Gasteiger partial charge >= 0.3 is 5.97 Å².